The van der Waals surface area contributed by atoms with Crippen LogP contribution in [0.15, 0.2) is 29.3 Å². The Balaban J connectivity index is 1.50. The number of aromatic nitrogens is 1. The predicted molar refractivity (Wildman–Crippen MR) is 102 cm³/mol. The molecular weight excluding hydrogens is 330 g/mol. The fraction of sp³-hybridized carbons (Fsp3) is 0.524. The molecule has 1 heterocycles. The van der Waals surface area contributed by atoms with Crippen molar-refractivity contribution in [1.82, 2.24) is 4.98 Å². The largest absolute Gasteiger partial charge is 0.462 e. The van der Waals surface area contributed by atoms with Crippen LogP contribution in [0.3, 0.4) is 0 Å². The summed E-state index contributed by atoms with van der Waals surface area (Å²) >= 11 is 1.56. The Morgan fingerprint density at radius 2 is 1.80 bits per heavy atom. The third kappa shape index (κ3) is 3.84. The van der Waals surface area contributed by atoms with Crippen LogP contribution in [0.4, 0.5) is 0 Å². The smallest absolute Gasteiger partial charge is 0.316 e. The maximum absolute atomic E-state index is 12.2. The number of carbonyl (C=O) groups is 1. The van der Waals surface area contributed by atoms with Crippen LogP contribution in [0.1, 0.15) is 56.1 Å². The number of benzene rings is 1. The number of thioether (sulfide) groups is 1. The van der Waals surface area contributed by atoms with Gasteiger partial charge in [-0.05, 0) is 68.6 Å². The summed E-state index contributed by atoms with van der Waals surface area (Å²) in [5, 5.41) is 2.32. The predicted octanol–water partition coefficient (Wildman–Crippen LogP) is 5.08. The number of esters is 1. The molecule has 1 aromatic carbocycles. The average molecular weight is 356 g/mol. The van der Waals surface area contributed by atoms with Gasteiger partial charge in [-0.1, -0.05) is 36.4 Å². The van der Waals surface area contributed by atoms with Crippen molar-refractivity contribution >= 4 is 28.6 Å². The van der Waals surface area contributed by atoms with Gasteiger partial charge in [0.05, 0.1) is 11.3 Å². The molecule has 0 N–H and O–H groups in total. The lowest BCUT2D eigenvalue weighted by atomic mass is 9.90. The fourth-order valence-electron chi connectivity index (χ4n) is 4.09. The maximum Gasteiger partial charge on any atom is 0.316 e. The number of hydrogen-bond acceptors (Lipinski definition) is 4. The number of fused-ring (bicyclic) bond motifs is 3. The maximum atomic E-state index is 12.2. The van der Waals surface area contributed by atoms with E-state index in [0.717, 1.165) is 36.2 Å². The molecule has 0 spiro atoms. The minimum absolute atomic E-state index is 0.0866. The Bertz CT molecular complexity index is 768. The van der Waals surface area contributed by atoms with Crippen molar-refractivity contribution in [2.45, 2.75) is 68.9 Å². The molecule has 0 saturated heterocycles. The summed E-state index contributed by atoms with van der Waals surface area (Å²) in [5.41, 5.74) is 3.85. The highest BCUT2D eigenvalue weighted by Crippen LogP contribution is 2.34. The Kier molecular flexibility index (Phi) is 5.25. The van der Waals surface area contributed by atoms with E-state index in [4.69, 9.17) is 9.72 Å². The lowest BCUT2D eigenvalue weighted by molar-refractivity contribution is -0.147. The molecule has 2 aliphatic rings. The van der Waals surface area contributed by atoms with E-state index in [1.807, 2.05) is 6.07 Å². The first-order valence-electron chi connectivity index (χ1n) is 9.54. The summed E-state index contributed by atoms with van der Waals surface area (Å²) in [6, 6.07) is 8.39. The van der Waals surface area contributed by atoms with Crippen LogP contribution in [0.5, 0.6) is 0 Å². The molecule has 0 amide bonds. The van der Waals surface area contributed by atoms with Gasteiger partial charge in [0, 0.05) is 5.39 Å². The van der Waals surface area contributed by atoms with E-state index in [1.165, 1.54) is 48.6 Å². The van der Waals surface area contributed by atoms with Gasteiger partial charge in [-0.15, -0.1) is 0 Å². The van der Waals surface area contributed by atoms with Gasteiger partial charge in [-0.3, -0.25) is 4.79 Å². The molecule has 1 aromatic heterocycles. The molecule has 0 aliphatic heterocycles. The summed E-state index contributed by atoms with van der Waals surface area (Å²) in [4.78, 5) is 17.1. The van der Waals surface area contributed by atoms with Crippen LogP contribution in [-0.2, 0) is 22.4 Å². The second-order valence-electron chi connectivity index (χ2n) is 7.14. The highest BCUT2D eigenvalue weighted by Gasteiger charge is 2.21. The third-order valence-corrected chi connectivity index (χ3v) is 6.35. The van der Waals surface area contributed by atoms with Crippen molar-refractivity contribution in [3.05, 3.63) is 35.4 Å². The van der Waals surface area contributed by atoms with Crippen molar-refractivity contribution in [3.8, 4) is 0 Å². The second kappa shape index (κ2) is 7.77. The van der Waals surface area contributed by atoms with E-state index < -0.39 is 0 Å². The highest BCUT2D eigenvalue weighted by atomic mass is 32.2. The van der Waals surface area contributed by atoms with E-state index in [9.17, 15) is 4.79 Å². The summed E-state index contributed by atoms with van der Waals surface area (Å²) in [7, 11) is 0. The topological polar surface area (TPSA) is 39.2 Å². The lowest BCUT2D eigenvalue weighted by Gasteiger charge is -2.22. The summed E-state index contributed by atoms with van der Waals surface area (Å²) < 4.78 is 5.66. The Hall–Kier alpha value is -1.55. The van der Waals surface area contributed by atoms with E-state index >= 15 is 0 Å². The molecule has 0 unspecified atom stereocenters. The number of pyridine rings is 1. The zero-order valence-electron chi connectivity index (χ0n) is 14.6. The molecule has 3 nitrogen and oxygen atoms in total. The van der Waals surface area contributed by atoms with Gasteiger partial charge in [0.15, 0.2) is 0 Å². The number of carbonyl (C=O) groups excluding carboxylic acids is 1. The van der Waals surface area contributed by atoms with Gasteiger partial charge < -0.3 is 4.74 Å². The first kappa shape index (κ1) is 16.9. The second-order valence-corrected chi connectivity index (χ2v) is 8.10. The van der Waals surface area contributed by atoms with Gasteiger partial charge in [-0.25, -0.2) is 4.98 Å². The first-order chi connectivity index (χ1) is 12.3. The number of aryl methyl sites for hydroxylation is 1. The monoisotopic (exact) mass is 355 g/mol. The molecule has 132 valence electrons. The summed E-state index contributed by atoms with van der Waals surface area (Å²) in [6.45, 7) is 0. The molecule has 2 aromatic rings. The fourth-order valence-corrected chi connectivity index (χ4v) is 4.98. The zero-order chi connectivity index (χ0) is 17.1. The van der Waals surface area contributed by atoms with Gasteiger partial charge in [0.2, 0.25) is 0 Å². The van der Waals surface area contributed by atoms with Crippen molar-refractivity contribution in [2.75, 3.05) is 5.75 Å². The third-order valence-electron chi connectivity index (χ3n) is 5.35. The SMILES string of the molecule is O=C(CSc1nc2ccccc2c2c1CCCC2)OC1CCCCC1. The normalized spacial score (nSPS) is 18.1. The standard InChI is InChI=1S/C21H25NO2S/c23-20(24-15-8-2-1-3-9-15)14-25-21-18-12-5-4-10-16(18)17-11-6-7-13-19(17)22-21/h6-7,11,13,15H,1-5,8-10,12,14H2. The molecule has 25 heavy (non-hydrogen) atoms. The van der Waals surface area contributed by atoms with Crippen LogP contribution < -0.4 is 0 Å². The van der Waals surface area contributed by atoms with E-state index in [0.29, 0.717) is 5.75 Å². The molecule has 1 saturated carbocycles. The molecule has 0 radical (unpaired) electrons. The van der Waals surface area contributed by atoms with Crippen LogP contribution in [0.2, 0.25) is 0 Å². The molecule has 4 heteroatoms. The first-order valence-corrected chi connectivity index (χ1v) is 10.5. The van der Waals surface area contributed by atoms with E-state index in [1.54, 1.807) is 11.8 Å². The van der Waals surface area contributed by atoms with Crippen LogP contribution >= 0.6 is 11.8 Å². The minimum Gasteiger partial charge on any atom is -0.462 e. The Morgan fingerprint density at radius 3 is 2.64 bits per heavy atom. The Morgan fingerprint density at radius 1 is 1.04 bits per heavy atom. The number of para-hydroxylation sites is 1. The van der Waals surface area contributed by atoms with Crippen LogP contribution in [0, 0.1) is 0 Å². The lowest BCUT2D eigenvalue weighted by Crippen LogP contribution is -2.22. The number of nitrogens with zero attached hydrogens (tertiary/aromatic N) is 1. The number of hydrogen-bond donors (Lipinski definition) is 0. The number of ether oxygens (including phenoxy) is 1. The van der Waals surface area contributed by atoms with Crippen molar-refractivity contribution in [1.29, 1.82) is 0 Å². The summed E-state index contributed by atoms with van der Waals surface area (Å²) in [6.07, 6.45) is 10.5. The van der Waals surface area contributed by atoms with E-state index in [-0.39, 0.29) is 12.1 Å². The van der Waals surface area contributed by atoms with Crippen LogP contribution in [-0.4, -0.2) is 22.8 Å². The molecule has 2 aliphatic carbocycles. The minimum atomic E-state index is -0.0866. The average Bonchev–Trinajstić information content (AvgIpc) is 2.67. The molecule has 4 rings (SSSR count). The Labute approximate surface area is 153 Å². The van der Waals surface area contributed by atoms with Gasteiger partial charge in [-0.2, -0.15) is 0 Å². The summed E-state index contributed by atoms with van der Waals surface area (Å²) in [5.74, 6) is 0.283. The quantitative estimate of drug-likeness (QED) is 0.566. The highest BCUT2D eigenvalue weighted by molar-refractivity contribution is 7.99. The molecule has 0 atom stereocenters. The van der Waals surface area contributed by atoms with Gasteiger partial charge in [0.25, 0.3) is 0 Å². The number of rotatable bonds is 4. The van der Waals surface area contributed by atoms with E-state index in [2.05, 4.69) is 18.2 Å². The van der Waals surface area contributed by atoms with Crippen LogP contribution in [0.25, 0.3) is 10.9 Å². The van der Waals surface area contributed by atoms with Crippen molar-refractivity contribution in [3.63, 3.8) is 0 Å². The van der Waals surface area contributed by atoms with Gasteiger partial charge >= 0.3 is 5.97 Å². The zero-order valence-corrected chi connectivity index (χ0v) is 15.4. The molecule has 0 bridgehead atoms. The molecular formula is C21H25NO2S. The van der Waals surface area contributed by atoms with Crippen molar-refractivity contribution in [2.24, 2.45) is 0 Å². The van der Waals surface area contributed by atoms with Crippen molar-refractivity contribution < 1.29 is 9.53 Å². The molecule has 1 fully saturated rings. The van der Waals surface area contributed by atoms with Gasteiger partial charge in [0.1, 0.15) is 11.1 Å².